The lowest BCUT2D eigenvalue weighted by atomic mass is 10.0. The van der Waals surface area contributed by atoms with Gasteiger partial charge in [-0.3, -0.25) is 19.3 Å². The van der Waals surface area contributed by atoms with Gasteiger partial charge in [0, 0.05) is 30.6 Å². The van der Waals surface area contributed by atoms with Gasteiger partial charge in [-0.25, -0.2) is 0 Å². The maximum absolute atomic E-state index is 13.3. The predicted molar refractivity (Wildman–Crippen MR) is 111 cm³/mol. The summed E-state index contributed by atoms with van der Waals surface area (Å²) in [5.41, 5.74) is 2.63. The second kappa shape index (κ2) is 7.70. The summed E-state index contributed by atoms with van der Waals surface area (Å²) in [6, 6.07) is 14.7. The summed E-state index contributed by atoms with van der Waals surface area (Å²) in [5, 5.41) is 2.91. The number of carbonyl (C=O) groups is 3. The number of rotatable bonds is 6. The smallest absolute Gasteiger partial charge is 0.260 e. The fourth-order valence-corrected chi connectivity index (χ4v) is 4.02. The van der Waals surface area contributed by atoms with Gasteiger partial charge >= 0.3 is 0 Å². The van der Waals surface area contributed by atoms with Crippen molar-refractivity contribution in [2.24, 2.45) is 5.92 Å². The normalized spacial score (nSPS) is 17.3. The Morgan fingerprint density at radius 3 is 2.45 bits per heavy atom. The van der Waals surface area contributed by atoms with E-state index in [-0.39, 0.29) is 17.7 Å². The first-order valence-corrected chi connectivity index (χ1v) is 10.1. The standard InChI is InChI=1S/C23H25N3O3/c1-15(2)14-24-20(27)12-7-13-25-21-16-8-3-4-9-17(16)23(29)26(21)19-11-6-5-10-18(19)22(25)28/h3-6,8-11,15,21H,7,12-14H2,1-2H3,(H,24,27). The summed E-state index contributed by atoms with van der Waals surface area (Å²) < 4.78 is 0. The summed E-state index contributed by atoms with van der Waals surface area (Å²) in [7, 11) is 0. The number of hydrogen-bond acceptors (Lipinski definition) is 3. The molecule has 2 aromatic carbocycles. The van der Waals surface area contributed by atoms with Gasteiger partial charge in [-0.05, 0) is 30.5 Å². The Labute approximate surface area is 170 Å². The minimum absolute atomic E-state index is 0.0108. The number of hydrogen-bond donors (Lipinski definition) is 1. The van der Waals surface area contributed by atoms with Gasteiger partial charge in [0.15, 0.2) is 0 Å². The van der Waals surface area contributed by atoms with Crippen LogP contribution in [0.3, 0.4) is 0 Å². The van der Waals surface area contributed by atoms with Crippen molar-refractivity contribution in [2.45, 2.75) is 32.9 Å². The fourth-order valence-electron chi connectivity index (χ4n) is 4.02. The van der Waals surface area contributed by atoms with Crippen molar-refractivity contribution in [3.63, 3.8) is 0 Å². The third kappa shape index (κ3) is 3.39. The zero-order chi connectivity index (χ0) is 20.5. The molecule has 1 unspecified atom stereocenters. The quantitative estimate of drug-likeness (QED) is 0.821. The molecule has 0 bridgehead atoms. The van der Waals surface area contributed by atoms with Gasteiger partial charge in [0.25, 0.3) is 11.8 Å². The van der Waals surface area contributed by atoms with Gasteiger partial charge in [0.05, 0.1) is 11.3 Å². The Kier molecular flexibility index (Phi) is 5.09. The van der Waals surface area contributed by atoms with Crippen LogP contribution < -0.4 is 10.2 Å². The third-order valence-electron chi connectivity index (χ3n) is 5.39. The summed E-state index contributed by atoms with van der Waals surface area (Å²) >= 11 is 0. The molecule has 1 atom stereocenters. The molecule has 1 N–H and O–H groups in total. The van der Waals surface area contributed by atoms with Crippen LogP contribution in [-0.4, -0.2) is 35.7 Å². The number of anilines is 1. The van der Waals surface area contributed by atoms with Crippen LogP contribution in [0.2, 0.25) is 0 Å². The molecule has 0 saturated carbocycles. The molecule has 2 aliphatic heterocycles. The summed E-state index contributed by atoms with van der Waals surface area (Å²) in [6.07, 6.45) is 0.429. The number of nitrogens with zero attached hydrogens (tertiary/aromatic N) is 2. The number of fused-ring (bicyclic) bond motifs is 5. The average molecular weight is 391 g/mol. The van der Waals surface area contributed by atoms with Crippen LogP contribution >= 0.6 is 0 Å². The Morgan fingerprint density at radius 1 is 1.00 bits per heavy atom. The fraction of sp³-hybridized carbons (Fsp3) is 0.348. The van der Waals surface area contributed by atoms with Crippen molar-refractivity contribution in [3.8, 4) is 0 Å². The number of nitrogens with one attached hydrogen (secondary N) is 1. The van der Waals surface area contributed by atoms with Crippen molar-refractivity contribution in [3.05, 3.63) is 65.2 Å². The number of carbonyl (C=O) groups excluding carboxylic acids is 3. The highest BCUT2D eigenvalue weighted by Crippen LogP contribution is 2.45. The highest BCUT2D eigenvalue weighted by molar-refractivity contribution is 6.16. The monoisotopic (exact) mass is 391 g/mol. The molecule has 2 heterocycles. The van der Waals surface area contributed by atoms with Crippen molar-refractivity contribution in [1.29, 1.82) is 0 Å². The molecule has 0 radical (unpaired) electrons. The second-order valence-electron chi connectivity index (χ2n) is 7.95. The number of benzene rings is 2. The van der Waals surface area contributed by atoms with Gasteiger partial charge in [0.2, 0.25) is 5.91 Å². The first-order valence-electron chi connectivity index (χ1n) is 10.1. The molecule has 2 aromatic rings. The van der Waals surface area contributed by atoms with E-state index in [0.29, 0.717) is 48.7 Å². The highest BCUT2D eigenvalue weighted by Gasteiger charge is 2.47. The summed E-state index contributed by atoms with van der Waals surface area (Å²) in [5.74, 6) is 0.191. The third-order valence-corrected chi connectivity index (χ3v) is 5.39. The zero-order valence-electron chi connectivity index (χ0n) is 16.7. The zero-order valence-corrected chi connectivity index (χ0v) is 16.7. The summed E-state index contributed by atoms with van der Waals surface area (Å²) in [4.78, 5) is 41.9. The van der Waals surface area contributed by atoms with E-state index in [1.165, 1.54) is 0 Å². The number of para-hydroxylation sites is 1. The average Bonchev–Trinajstić information content (AvgIpc) is 3.02. The molecule has 6 heteroatoms. The Balaban J connectivity index is 1.59. The van der Waals surface area contributed by atoms with E-state index in [0.717, 1.165) is 5.56 Å². The molecular formula is C23H25N3O3. The van der Waals surface area contributed by atoms with E-state index in [9.17, 15) is 14.4 Å². The van der Waals surface area contributed by atoms with E-state index in [1.54, 1.807) is 21.9 Å². The predicted octanol–water partition coefficient (Wildman–Crippen LogP) is 3.35. The maximum atomic E-state index is 13.3. The molecule has 29 heavy (non-hydrogen) atoms. The van der Waals surface area contributed by atoms with Crippen molar-refractivity contribution >= 4 is 23.4 Å². The first-order chi connectivity index (χ1) is 14.0. The topological polar surface area (TPSA) is 69.7 Å². The van der Waals surface area contributed by atoms with E-state index < -0.39 is 6.17 Å². The molecule has 2 aliphatic rings. The van der Waals surface area contributed by atoms with Crippen LogP contribution in [-0.2, 0) is 4.79 Å². The van der Waals surface area contributed by atoms with E-state index in [4.69, 9.17) is 0 Å². The van der Waals surface area contributed by atoms with Gasteiger partial charge in [-0.1, -0.05) is 44.2 Å². The van der Waals surface area contributed by atoms with Crippen molar-refractivity contribution in [1.82, 2.24) is 10.2 Å². The Hall–Kier alpha value is -3.15. The first kappa shape index (κ1) is 19.2. The van der Waals surface area contributed by atoms with Gasteiger partial charge in [-0.2, -0.15) is 0 Å². The Morgan fingerprint density at radius 2 is 1.69 bits per heavy atom. The number of amides is 3. The maximum Gasteiger partial charge on any atom is 0.260 e. The van der Waals surface area contributed by atoms with Gasteiger partial charge < -0.3 is 10.2 Å². The lowest BCUT2D eigenvalue weighted by molar-refractivity contribution is -0.121. The molecule has 0 fully saturated rings. The van der Waals surface area contributed by atoms with Crippen molar-refractivity contribution < 1.29 is 14.4 Å². The molecule has 0 spiro atoms. The SMILES string of the molecule is CC(C)CNC(=O)CCCN1C(=O)c2ccccc2N2C(=O)c3ccccc3C12. The minimum Gasteiger partial charge on any atom is -0.356 e. The molecule has 150 valence electrons. The Bertz CT molecular complexity index is 969. The van der Waals surface area contributed by atoms with Crippen LogP contribution in [0, 0.1) is 5.92 Å². The van der Waals surface area contributed by atoms with Crippen LogP contribution in [0.25, 0.3) is 0 Å². The van der Waals surface area contributed by atoms with Crippen LogP contribution in [0.5, 0.6) is 0 Å². The molecule has 0 saturated heterocycles. The molecule has 3 amide bonds. The van der Waals surface area contributed by atoms with Crippen molar-refractivity contribution in [2.75, 3.05) is 18.0 Å². The van der Waals surface area contributed by atoms with Gasteiger partial charge in [-0.15, -0.1) is 0 Å². The van der Waals surface area contributed by atoms with Gasteiger partial charge in [0.1, 0.15) is 6.17 Å². The largest absolute Gasteiger partial charge is 0.356 e. The lowest BCUT2D eigenvalue weighted by Crippen LogP contribution is -2.48. The highest BCUT2D eigenvalue weighted by atomic mass is 16.2. The summed E-state index contributed by atoms with van der Waals surface area (Å²) in [6.45, 7) is 5.15. The molecule has 0 aromatic heterocycles. The minimum atomic E-state index is -0.458. The van der Waals surface area contributed by atoms with E-state index >= 15 is 0 Å². The molecular weight excluding hydrogens is 366 g/mol. The lowest BCUT2D eigenvalue weighted by Gasteiger charge is -2.41. The van der Waals surface area contributed by atoms with E-state index in [2.05, 4.69) is 5.32 Å². The van der Waals surface area contributed by atoms with E-state index in [1.807, 2.05) is 50.2 Å². The molecule has 0 aliphatic carbocycles. The van der Waals surface area contributed by atoms with Crippen LogP contribution in [0.1, 0.15) is 59.1 Å². The molecule has 6 nitrogen and oxygen atoms in total. The second-order valence-corrected chi connectivity index (χ2v) is 7.95. The van der Waals surface area contributed by atoms with Crippen LogP contribution in [0.15, 0.2) is 48.5 Å². The van der Waals surface area contributed by atoms with Crippen LogP contribution in [0.4, 0.5) is 5.69 Å². The molecule has 4 rings (SSSR count).